The first-order chi connectivity index (χ1) is 8.57. The van der Waals surface area contributed by atoms with Gasteiger partial charge in [0.15, 0.2) is 9.84 Å². The van der Waals surface area contributed by atoms with Crippen molar-refractivity contribution in [3.05, 3.63) is 28.8 Å². The van der Waals surface area contributed by atoms with Crippen molar-refractivity contribution in [3.63, 3.8) is 0 Å². The molecule has 2 heterocycles. The summed E-state index contributed by atoms with van der Waals surface area (Å²) in [6.45, 7) is 2.90. The molecule has 1 aromatic rings. The van der Waals surface area contributed by atoms with E-state index < -0.39 is 26.2 Å². The summed E-state index contributed by atoms with van der Waals surface area (Å²) in [4.78, 5) is 3.40. The molecule has 0 aromatic carbocycles. The van der Waals surface area contributed by atoms with Crippen molar-refractivity contribution < 1.29 is 17.2 Å². The highest BCUT2D eigenvalue weighted by Gasteiger charge is 2.51. The van der Waals surface area contributed by atoms with Crippen molar-refractivity contribution in [3.8, 4) is 0 Å². The fraction of sp³-hybridized carbons (Fsp3) is 0.583. The fourth-order valence-corrected chi connectivity index (χ4v) is 4.16. The van der Waals surface area contributed by atoms with Gasteiger partial charge in [0.25, 0.3) is 0 Å². The molecule has 1 fully saturated rings. The van der Waals surface area contributed by atoms with Gasteiger partial charge in [-0.25, -0.2) is 17.8 Å². The zero-order chi connectivity index (χ0) is 14.5. The summed E-state index contributed by atoms with van der Waals surface area (Å²) in [5.41, 5.74) is -2.32. The van der Waals surface area contributed by atoms with Gasteiger partial charge < -0.3 is 0 Å². The second kappa shape index (κ2) is 4.38. The normalized spacial score (nSPS) is 29.1. The molecule has 1 aliphatic heterocycles. The Kier molecular flexibility index (Phi) is 3.38. The lowest BCUT2D eigenvalue weighted by molar-refractivity contribution is 0.115. The van der Waals surface area contributed by atoms with E-state index in [9.17, 15) is 17.2 Å². The van der Waals surface area contributed by atoms with Crippen molar-refractivity contribution in [2.75, 3.05) is 5.75 Å². The molecule has 0 N–H and O–H groups in total. The number of sulfone groups is 1. The number of alkyl halides is 1. The maximum Gasteiger partial charge on any atom is 0.219 e. The molecule has 0 bridgehead atoms. The molecule has 106 valence electrons. The van der Waals surface area contributed by atoms with Crippen molar-refractivity contribution in [1.29, 1.82) is 0 Å². The van der Waals surface area contributed by atoms with Crippen LogP contribution in [0.25, 0.3) is 0 Å². The molecule has 2 rings (SSSR count). The molecule has 0 amide bonds. The summed E-state index contributed by atoms with van der Waals surface area (Å²) >= 11 is 5.71. The molecular formula is C12H14ClF2NO2S. The molecule has 7 heteroatoms. The Bertz CT molecular complexity index is 618. The highest BCUT2D eigenvalue weighted by Crippen LogP contribution is 2.46. The Labute approximate surface area is 115 Å². The van der Waals surface area contributed by atoms with Crippen LogP contribution in [-0.2, 0) is 15.5 Å². The van der Waals surface area contributed by atoms with E-state index in [0.717, 1.165) is 6.20 Å². The summed E-state index contributed by atoms with van der Waals surface area (Å²) in [5, 5.41) is 0.125. The first-order valence-electron chi connectivity index (χ1n) is 5.80. The smallest absolute Gasteiger partial charge is 0.219 e. The van der Waals surface area contributed by atoms with Crippen molar-refractivity contribution in [1.82, 2.24) is 4.98 Å². The van der Waals surface area contributed by atoms with Crippen LogP contribution in [0.2, 0.25) is 5.02 Å². The van der Waals surface area contributed by atoms with Gasteiger partial charge in [0.2, 0.25) is 5.95 Å². The van der Waals surface area contributed by atoms with Gasteiger partial charge >= 0.3 is 0 Å². The SMILES string of the molecule is CC1(C)CC(F)(c2cc(Cl)cnc2F)CCS1(=O)=O. The van der Waals surface area contributed by atoms with Crippen LogP contribution in [0, 0.1) is 5.95 Å². The summed E-state index contributed by atoms with van der Waals surface area (Å²) in [5.74, 6) is -1.26. The number of pyridine rings is 1. The Morgan fingerprint density at radius 1 is 1.42 bits per heavy atom. The van der Waals surface area contributed by atoms with Gasteiger partial charge in [0, 0.05) is 18.2 Å². The first-order valence-corrected chi connectivity index (χ1v) is 7.83. The van der Waals surface area contributed by atoms with Crippen LogP contribution in [-0.4, -0.2) is 23.9 Å². The van der Waals surface area contributed by atoms with Crippen LogP contribution in [0.4, 0.5) is 8.78 Å². The van der Waals surface area contributed by atoms with E-state index in [-0.39, 0.29) is 29.2 Å². The predicted octanol–water partition coefficient (Wildman–Crippen LogP) is 3.03. The van der Waals surface area contributed by atoms with Gasteiger partial charge in [-0.3, -0.25) is 0 Å². The fourth-order valence-electron chi connectivity index (χ4n) is 2.41. The number of hydrogen-bond donors (Lipinski definition) is 0. The average molecular weight is 310 g/mol. The molecule has 1 unspecified atom stereocenters. The standard InChI is InChI=1S/C12H14ClF2NO2S/c1-11(2)7-12(15,3-4-19(11,17)18)9-5-8(13)6-16-10(9)14/h5-6H,3-4,7H2,1-2H3. The van der Waals surface area contributed by atoms with Gasteiger partial charge in [-0.15, -0.1) is 0 Å². The van der Waals surface area contributed by atoms with Crippen LogP contribution in [0.15, 0.2) is 12.3 Å². The zero-order valence-corrected chi connectivity index (χ0v) is 12.2. The number of nitrogens with zero attached hydrogens (tertiary/aromatic N) is 1. The van der Waals surface area contributed by atoms with Crippen LogP contribution >= 0.6 is 11.6 Å². The lowest BCUT2D eigenvalue weighted by Gasteiger charge is -2.39. The lowest BCUT2D eigenvalue weighted by Crippen LogP contribution is -2.47. The van der Waals surface area contributed by atoms with Crippen LogP contribution in [0.5, 0.6) is 0 Å². The predicted molar refractivity (Wildman–Crippen MR) is 69.1 cm³/mol. The quantitative estimate of drug-likeness (QED) is 0.749. The van der Waals surface area contributed by atoms with E-state index in [1.54, 1.807) is 0 Å². The third kappa shape index (κ3) is 2.48. The van der Waals surface area contributed by atoms with E-state index in [1.165, 1.54) is 19.9 Å². The molecule has 1 aliphatic rings. The molecule has 1 saturated heterocycles. The maximum atomic E-state index is 15.0. The minimum atomic E-state index is -3.38. The highest BCUT2D eigenvalue weighted by atomic mass is 35.5. The number of aromatic nitrogens is 1. The van der Waals surface area contributed by atoms with Gasteiger partial charge in [0.1, 0.15) is 5.67 Å². The maximum absolute atomic E-state index is 15.0. The van der Waals surface area contributed by atoms with Crippen molar-refractivity contribution >= 4 is 21.4 Å². The minimum Gasteiger partial charge on any atom is -0.238 e. The molecule has 0 spiro atoms. The lowest BCUT2D eigenvalue weighted by atomic mass is 9.85. The number of hydrogen-bond acceptors (Lipinski definition) is 3. The first kappa shape index (κ1) is 14.7. The highest BCUT2D eigenvalue weighted by molar-refractivity contribution is 7.92. The topological polar surface area (TPSA) is 47.0 Å². The van der Waals surface area contributed by atoms with E-state index in [1.807, 2.05) is 0 Å². The Hall–Kier alpha value is -0.750. The third-order valence-corrected chi connectivity index (χ3v) is 6.38. The molecule has 0 saturated carbocycles. The van der Waals surface area contributed by atoms with Gasteiger partial charge in [-0.1, -0.05) is 11.6 Å². The second-order valence-corrected chi connectivity index (χ2v) is 8.64. The zero-order valence-electron chi connectivity index (χ0n) is 10.6. The van der Waals surface area contributed by atoms with Gasteiger partial charge in [0.05, 0.1) is 15.5 Å². The molecular weight excluding hydrogens is 296 g/mol. The summed E-state index contributed by atoms with van der Waals surface area (Å²) in [6.07, 6.45) is 0.507. The summed E-state index contributed by atoms with van der Waals surface area (Å²) in [6, 6.07) is 1.18. The van der Waals surface area contributed by atoms with Crippen LogP contribution < -0.4 is 0 Å². The Balaban J connectivity index is 2.48. The van der Waals surface area contributed by atoms with Gasteiger partial charge in [-0.05, 0) is 26.3 Å². The van der Waals surface area contributed by atoms with Crippen LogP contribution in [0.3, 0.4) is 0 Å². The van der Waals surface area contributed by atoms with E-state index in [2.05, 4.69) is 4.98 Å². The molecule has 1 atom stereocenters. The number of rotatable bonds is 1. The van der Waals surface area contributed by atoms with E-state index >= 15 is 0 Å². The molecule has 0 aliphatic carbocycles. The average Bonchev–Trinajstić information content (AvgIpc) is 2.28. The van der Waals surface area contributed by atoms with E-state index in [4.69, 9.17) is 11.6 Å². The Morgan fingerprint density at radius 3 is 2.63 bits per heavy atom. The largest absolute Gasteiger partial charge is 0.238 e. The Morgan fingerprint density at radius 2 is 2.05 bits per heavy atom. The molecule has 3 nitrogen and oxygen atoms in total. The van der Waals surface area contributed by atoms with Crippen LogP contribution in [0.1, 0.15) is 32.3 Å². The monoisotopic (exact) mass is 309 g/mol. The molecule has 1 aromatic heterocycles. The molecule has 19 heavy (non-hydrogen) atoms. The molecule has 0 radical (unpaired) electrons. The third-order valence-electron chi connectivity index (χ3n) is 3.60. The van der Waals surface area contributed by atoms with Gasteiger partial charge in [-0.2, -0.15) is 4.39 Å². The van der Waals surface area contributed by atoms with E-state index in [0.29, 0.717) is 0 Å². The summed E-state index contributed by atoms with van der Waals surface area (Å²) < 4.78 is 51.2. The minimum absolute atomic E-state index is 0.125. The second-order valence-electron chi connectivity index (χ2n) is 5.46. The van der Waals surface area contributed by atoms with Crippen molar-refractivity contribution in [2.24, 2.45) is 0 Å². The summed E-state index contributed by atoms with van der Waals surface area (Å²) in [7, 11) is -3.38. The number of halogens is 3. The van der Waals surface area contributed by atoms with Crippen molar-refractivity contribution in [2.45, 2.75) is 37.1 Å².